The number of aromatic hydroxyl groups is 1. The molecule has 0 aliphatic carbocycles. The van der Waals surface area contributed by atoms with Crippen LogP contribution in [0, 0.1) is 11.7 Å². The first-order valence-corrected chi connectivity index (χ1v) is 10.9. The van der Waals surface area contributed by atoms with Crippen molar-refractivity contribution >= 4 is 20.8 Å². The minimum Gasteiger partial charge on any atom is -0.507 e. The minimum absolute atomic E-state index is 0.0359. The van der Waals surface area contributed by atoms with Crippen LogP contribution in [0.1, 0.15) is 30.0 Å². The summed E-state index contributed by atoms with van der Waals surface area (Å²) in [4.78, 5) is 4.44. The number of benzene rings is 1. The molecule has 0 unspecified atom stereocenters. The number of aryl methyl sites for hydroxylation is 1. The van der Waals surface area contributed by atoms with Gasteiger partial charge in [0.15, 0.2) is 5.65 Å². The van der Waals surface area contributed by atoms with E-state index in [9.17, 15) is 22.5 Å². The summed E-state index contributed by atoms with van der Waals surface area (Å²) in [5.74, 6) is 0.192. The molecule has 3 aromatic rings. The summed E-state index contributed by atoms with van der Waals surface area (Å²) in [5, 5.41) is 15.4. The average molecular weight is 424 g/mol. The fourth-order valence-electron chi connectivity index (χ4n) is 3.68. The highest BCUT2D eigenvalue weighted by Gasteiger charge is 2.32. The number of hydrogen-bond acceptors (Lipinski definition) is 5. The molecule has 1 aliphatic rings. The number of nitrogens with one attached hydrogen (secondary N) is 1. The zero-order valence-corrected chi connectivity index (χ0v) is 16.3. The van der Waals surface area contributed by atoms with Crippen LogP contribution in [0.3, 0.4) is 0 Å². The van der Waals surface area contributed by atoms with Crippen molar-refractivity contribution in [1.29, 1.82) is 4.78 Å². The molecule has 0 spiro atoms. The van der Waals surface area contributed by atoms with Crippen molar-refractivity contribution in [2.45, 2.75) is 32.0 Å². The number of fused-ring (bicyclic) bond motifs is 1. The van der Waals surface area contributed by atoms with E-state index in [2.05, 4.69) is 10.1 Å². The number of aromatic nitrogens is 3. The van der Waals surface area contributed by atoms with Gasteiger partial charge < -0.3 is 5.11 Å². The second kappa shape index (κ2) is 6.72. The molecule has 2 N–H and O–H groups in total. The maximum absolute atomic E-state index is 12.9. The molecule has 154 valence electrons. The van der Waals surface area contributed by atoms with Crippen LogP contribution in [0.15, 0.2) is 30.5 Å². The van der Waals surface area contributed by atoms with Gasteiger partial charge in [-0.2, -0.15) is 18.3 Å². The van der Waals surface area contributed by atoms with Crippen molar-refractivity contribution in [2.24, 2.45) is 0 Å². The van der Waals surface area contributed by atoms with Crippen molar-refractivity contribution in [3.8, 4) is 17.0 Å². The lowest BCUT2D eigenvalue weighted by molar-refractivity contribution is -0.137. The van der Waals surface area contributed by atoms with Crippen LogP contribution < -0.4 is 0 Å². The Hall–Kier alpha value is -2.62. The van der Waals surface area contributed by atoms with E-state index in [-0.39, 0.29) is 17.2 Å². The Morgan fingerprint density at radius 3 is 2.55 bits per heavy atom. The molecule has 1 aromatic carbocycles. The van der Waals surface area contributed by atoms with E-state index in [1.165, 1.54) is 6.92 Å². The molecule has 1 aliphatic heterocycles. The Bertz CT molecular complexity index is 1160. The third-order valence-electron chi connectivity index (χ3n) is 5.22. The number of hydrogen-bond donors (Lipinski definition) is 2. The quantitative estimate of drug-likeness (QED) is 0.633. The van der Waals surface area contributed by atoms with Crippen LogP contribution in [-0.2, 0) is 15.9 Å². The molecule has 2 aromatic heterocycles. The standard InChI is InChI=1S/C19H19F3N4O2S/c1-11-8-13(19(20,21)22)9-16(27)17(11)15-3-2-12-10-26(25-18(12)24-15)14-4-6-29(23,28)7-5-14/h2-3,8-10,14,23,27H,4-7H2,1H3. The lowest BCUT2D eigenvalue weighted by atomic mass is 10.00. The van der Waals surface area contributed by atoms with Gasteiger partial charge in [-0.25, -0.2) is 9.19 Å². The summed E-state index contributed by atoms with van der Waals surface area (Å²) in [6, 6.07) is 5.12. The molecule has 0 atom stereocenters. The average Bonchev–Trinajstić information content (AvgIpc) is 3.03. The molecule has 4 rings (SSSR count). The molecule has 29 heavy (non-hydrogen) atoms. The first-order valence-electron chi connectivity index (χ1n) is 9.05. The van der Waals surface area contributed by atoms with E-state index in [0.717, 1.165) is 11.5 Å². The second-order valence-electron chi connectivity index (χ2n) is 7.35. The Labute approximate surface area is 165 Å². The van der Waals surface area contributed by atoms with Crippen LogP contribution in [0.5, 0.6) is 5.75 Å². The van der Waals surface area contributed by atoms with E-state index < -0.39 is 27.2 Å². The molecule has 10 heteroatoms. The van der Waals surface area contributed by atoms with Crippen LogP contribution in [0.2, 0.25) is 0 Å². The van der Waals surface area contributed by atoms with Gasteiger partial charge in [-0.05, 0) is 49.6 Å². The van der Waals surface area contributed by atoms with Gasteiger partial charge in [0, 0.05) is 38.4 Å². The Morgan fingerprint density at radius 1 is 1.24 bits per heavy atom. The van der Waals surface area contributed by atoms with E-state index >= 15 is 0 Å². The predicted octanol–water partition coefficient (Wildman–Crippen LogP) is 4.51. The van der Waals surface area contributed by atoms with Gasteiger partial charge >= 0.3 is 6.18 Å². The van der Waals surface area contributed by atoms with E-state index in [1.54, 1.807) is 16.8 Å². The molecular weight excluding hydrogens is 405 g/mol. The van der Waals surface area contributed by atoms with Crippen LogP contribution in [0.25, 0.3) is 22.3 Å². The number of pyridine rings is 1. The van der Waals surface area contributed by atoms with Crippen molar-refractivity contribution in [1.82, 2.24) is 14.8 Å². The fraction of sp³-hybridized carbons (Fsp3) is 0.368. The Morgan fingerprint density at radius 2 is 1.93 bits per heavy atom. The Balaban J connectivity index is 1.70. The monoisotopic (exact) mass is 424 g/mol. The zero-order valence-electron chi connectivity index (χ0n) is 15.5. The summed E-state index contributed by atoms with van der Waals surface area (Å²) >= 11 is 0. The SMILES string of the molecule is Cc1cc(C(F)(F)F)cc(O)c1-c1ccc2cn(C3CCS(=N)(=O)CC3)nc2n1. The number of rotatable bonds is 2. The predicted molar refractivity (Wildman–Crippen MR) is 103 cm³/mol. The first-order chi connectivity index (χ1) is 13.5. The van der Waals surface area contributed by atoms with Crippen LogP contribution in [-0.4, -0.2) is 35.6 Å². The molecule has 0 saturated carbocycles. The van der Waals surface area contributed by atoms with Gasteiger partial charge in [0.05, 0.1) is 17.3 Å². The minimum atomic E-state index is -4.54. The highest BCUT2D eigenvalue weighted by molar-refractivity contribution is 7.92. The lowest BCUT2D eigenvalue weighted by Gasteiger charge is -2.23. The van der Waals surface area contributed by atoms with Crippen LogP contribution >= 0.6 is 0 Å². The largest absolute Gasteiger partial charge is 0.507 e. The highest BCUT2D eigenvalue weighted by atomic mass is 32.2. The molecule has 0 radical (unpaired) electrons. The zero-order chi connectivity index (χ0) is 21.0. The lowest BCUT2D eigenvalue weighted by Crippen LogP contribution is -2.24. The summed E-state index contributed by atoms with van der Waals surface area (Å²) in [6.07, 6.45) is -1.52. The molecule has 6 nitrogen and oxygen atoms in total. The summed E-state index contributed by atoms with van der Waals surface area (Å²) in [6.45, 7) is 1.50. The summed E-state index contributed by atoms with van der Waals surface area (Å²) in [5.41, 5.74) is 0.342. The van der Waals surface area contributed by atoms with Gasteiger partial charge in [-0.1, -0.05) is 0 Å². The van der Waals surface area contributed by atoms with Crippen molar-refractivity contribution in [3.05, 3.63) is 41.6 Å². The van der Waals surface area contributed by atoms with Gasteiger partial charge in [-0.3, -0.25) is 9.46 Å². The van der Waals surface area contributed by atoms with Crippen LogP contribution in [0.4, 0.5) is 13.2 Å². The van der Waals surface area contributed by atoms with Crippen molar-refractivity contribution in [2.75, 3.05) is 11.5 Å². The fourth-order valence-corrected chi connectivity index (χ4v) is 5.19. The second-order valence-corrected chi connectivity index (χ2v) is 9.79. The summed E-state index contributed by atoms with van der Waals surface area (Å²) < 4.78 is 60.1. The number of alkyl halides is 3. The molecule has 1 fully saturated rings. The van der Waals surface area contributed by atoms with Gasteiger partial charge in [0.1, 0.15) is 5.75 Å². The number of phenolic OH excluding ortho intramolecular Hbond substituents is 1. The number of phenols is 1. The van der Waals surface area contributed by atoms with Crippen molar-refractivity contribution in [3.63, 3.8) is 0 Å². The normalized spacial score (nSPS) is 22.8. The highest BCUT2D eigenvalue weighted by Crippen LogP contribution is 2.38. The molecule has 0 amide bonds. The van der Waals surface area contributed by atoms with Gasteiger partial charge in [-0.15, -0.1) is 0 Å². The van der Waals surface area contributed by atoms with E-state index in [0.29, 0.717) is 41.8 Å². The smallest absolute Gasteiger partial charge is 0.416 e. The maximum Gasteiger partial charge on any atom is 0.416 e. The van der Waals surface area contributed by atoms with Gasteiger partial charge in [0.25, 0.3) is 0 Å². The summed E-state index contributed by atoms with van der Waals surface area (Å²) in [7, 11) is -2.48. The third-order valence-corrected chi connectivity index (χ3v) is 7.01. The topological polar surface area (TPSA) is 91.9 Å². The molecular formula is C19H19F3N4O2S. The molecule has 1 saturated heterocycles. The number of halogens is 3. The maximum atomic E-state index is 12.9. The third kappa shape index (κ3) is 3.81. The Kier molecular flexibility index (Phi) is 4.56. The molecule has 3 heterocycles. The number of nitrogens with zero attached hydrogens (tertiary/aromatic N) is 3. The van der Waals surface area contributed by atoms with E-state index in [4.69, 9.17) is 4.78 Å². The van der Waals surface area contributed by atoms with Crippen molar-refractivity contribution < 1.29 is 22.5 Å². The first kappa shape index (κ1) is 19.7. The van der Waals surface area contributed by atoms with Gasteiger partial charge in [0.2, 0.25) is 0 Å². The molecule has 0 bridgehead atoms. The van der Waals surface area contributed by atoms with E-state index in [1.807, 2.05) is 6.20 Å².